The van der Waals surface area contributed by atoms with Gasteiger partial charge in [-0.2, -0.15) is 0 Å². The maximum atomic E-state index is 5.59. The fourth-order valence-electron chi connectivity index (χ4n) is 2.70. The van der Waals surface area contributed by atoms with Gasteiger partial charge in [0.15, 0.2) is 11.5 Å². The molecule has 0 heterocycles. The van der Waals surface area contributed by atoms with Gasteiger partial charge in [0.1, 0.15) is 0 Å². The number of hydrogen-bond acceptors (Lipinski definition) is 3. The monoisotopic (exact) mass is 279 g/mol. The number of nitrogens with one attached hydrogen (secondary N) is 1. The van der Waals surface area contributed by atoms with Crippen molar-refractivity contribution in [2.24, 2.45) is 5.92 Å². The first-order valence-corrected chi connectivity index (χ1v) is 7.63. The molecule has 20 heavy (non-hydrogen) atoms. The highest BCUT2D eigenvalue weighted by Gasteiger charge is 2.23. The first-order chi connectivity index (χ1) is 9.69. The number of rotatable bonds is 9. The summed E-state index contributed by atoms with van der Waals surface area (Å²) in [6.07, 6.45) is 3.52. The molecule has 1 aromatic rings. The van der Waals surface area contributed by atoms with Crippen molar-refractivity contribution in [1.82, 2.24) is 5.32 Å². The predicted octanol–water partition coefficient (Wildman–Crippen LogP) is 4.18. The van der Waals surface area contributed by atoms with Gasteiger partial charge in [-0.05, 0) is 31.4 Å². The van der Waals surface area contributed by atoms with E-state index in [4.69, 9.17) is 9.47 Å². The standard InChI is InChI=1S/C17H29NO2/c1-6-9-13(3)16(18-12-7-2)14-10-8-11-15(19-4)17(14)20-5/h8,10-11,13,16,18H,6-7,9,12H2,1-5H3. The molecule has 0 fully saturated rings. The van der Waals surface area contributed by atoms with Crippen molar-refractivity contribution in [3.8, 4) is 11.5 Å². The second kappa shape index (κ2) is 8.85. The maximum Gasteiger partial charge on any atom is 0.165 e. The van der Waals surface area contributed by atoms with Crippen LogP contribution in [0.2, 0.25) is 0 Å². The Hall–Kier alpha value is -1.22. The van der Waals surface area contributed by atoms with Gasteiger partial charge in [-0.15, -0.1) is 0 Å². The lowest BCUT2D eigenvalue weighted by Crippen LogP contribution is -2.28. The fourth-order valence-corrected chi connectivity index (χ4v) is 2.70. The Bertz CT molecular complexity index is 393. The SMILES string of the molecule is CCCNC(c1cccc(OC)c1OC)C(C)CCC. The van der Waals surface area contributed by atoms with Crippen molar-refractivity contribution >= 4 is 0 Å². The van der Waals surface area contributed by atoms with Crippen LogP contribution in [0, 0.1) is 5.92 Å². The van der Waals surface area contributed by atoms with E-state index in [0.717, 1.165) is 24.5 Å². The van der Waals surface area contributed by atoms with Crippen molar-refractivity contribution in [2.45, 2.75) is 46.1 Å². The lowest BCUT2D eigenvalue weighted by Gasteiger charge is -2.27. The molecule has 0 radical (unpaired) electrons. The minimum absolute atomic E-state index is 0.306. The quantitative estimate of drug-likeness (QED) is 0.735. The van der Waals surface area contributed by atoms with E-state index >= 15 is 0 Å². The minimum atomic E-state index is 0.306. The molecule has 0 saturated carbocycles. The van der Waals surface area contributed by atoms with Crippen molar-refractivity contribution in [2.75, 3.05) is 20.8 Å². The molecule has 0 saturated heterocycles. The highest BCUT2D eigenvalue weighted by molar-refractivity contribution is 5.48. The van der Waals surface area contributed by atoms with Crippen molar-refractivity contribution in [3.05, 3.63) is 23.8 Å². The normalized spacial score (nSPS) is 13.8. The zero-order valence-electron chi connectivity index (χ0n) is 13.5. The largest absolute Gasteiger partial charge is 0.493 e. The van der Waals surface area contributed by atoms with Crippen LogP contribution in [0.5, 0.6) is 11.5 Å². The molecule has 1 rings (SSSR count). The number of ether oxygens (including phenoxy) is 2. The topological polar surface area (TPSA) is 30.5 Å². The molecule has 0 aliphatic carbocycles. The zero-order valence-corrected chi connectivity index (χ0v) is 13.5. The zero-order chi connectivity index (χ0) is 15.0. The number of benzene rings is 1. The van der Waals surface area contributed by atoms with Crippen molar-refractivity contribution in [3.63, 3.8) is 0 Å². The van der Waals surface area contributed by atoms with Gasteiger partial charge in [-0.3, -0.25) is 0 Å². The lowest BCUT2D eigenvalue weighted by molar-refractivity contribution is 0.323. The summed E-state index contributed by atoms with van der Waals surface area (Å²) >= 11 is 0. The van der Waals surface area contributed by atoms with Crippen LogP contribution in [0.15, 0.2) is 18.2 Å². The molecule has 1 N–H and O–H groups in total. The van der Waals surface area contributed by atoms with Gasteiger partial charge >= 0.3 is 0 Å². The summed E-state index contributed by atoms with van der Waals surface area (Å²) in [4.78, 5) is 0. The third-order valence-corrected chi connectivity index (χ3v) is 3.70. The Morgan fingerprint density at radius 1 is 1.10 bits per heavy atom. The van der Waals surface area contributed by atoms with Gasteiger partial charge in [0.05, 0.1) is 14.2 Å². The lowest BCUT2D eigenvalue weighted by atomic mass is 9.90. The average molecular weight is 279 g/mol. The van der Waals surface area contributed by atoms with Crippen molar-refractivity contribution in [1.29, 1.82) is 0 Å². The van der Waals surface area contributed by atoms with Crippen LogP contribution in [-0.4, -0.2) is 20.8 Å². The van der Waals surface area contributed by atoms with Crippen LogP contribution in [0.3, 0.4) is 0 Å². The van der Waals surface area contributed by atoms with E-state index in [9.17, 15) is 0 Å². The van der Waals surface area contributed by atoms with Crippen LogP contribution >= 0.6 is 0 Å². The number of hydrogen-bond donors (Lipinski definition) is 1. The first-order valence-electron chi connectivity index (χ1n) is 7.63. The fraction of sp³-hybridized carbons (Fsp3) is 0.647. The van der Waals surface area contributed by atoms with Crippen molar-refractivity contribution < 1.29 is 9.47 Å². The van der Waals surface area contributed by atoms with E-state index in [0.29, 0.717) is 12.0 Å². The predicted molar refractivity (Wildman–Crippen MR) is 84.7 cm³/mol. The van der Waals surface area contributed by atoms with Gasteiger partial charge in [0.25, 0.3) is 0 Å². The highest BCUT2D eigenvalue weighted by atomic mass is 16.5. The van der Waals surface area contributed by atoms with E-state index in [-0.39, 0.29) is 0 Å². The van der Waals surface area contributed by atoms with Gasteiger partial charge in [0, 0.05) is 11.6 Å². The summed E-state index contributed by atoms with van der Waals surface area (Å²) in [5, 5.41) is 3.66. The molecule has 0 aliphatic rings. The highest BCUT2D eigenvalue weighted by Crippen LogP contribution is 2.38. The van der Waals surface area contributed by atoms with E-state index in [1.165, 1.54) is 18.4 Å². The Morgan fingerprint density at radius 3 is 2.40 bits per heavy atom. The molecule has 2 unspecified atom stereocenters. The molecule has 0 bridgehead atoms. The van der Waals surface area contributed by atoms with E-state index < -0.39 is 0 Å². The number of methoxy groups -OCH3 is 2. The van der Waals surface area contributed by atoms with E-state index in [1.54, 1.807) is 14.2 Å². The molecule has 2 atom stereocenters. The van der Waals surface area contributed by atoms with Gasteiger partial charge in [0.2, 0.25) is 0 Å². The van der Waals surface area contributed by atoms with Crippen LogP contribution in [0.25, 0.3) is 0 Å². The number of para-hydroxylation sites is 1. The van der Waals surface area contributed by atoms with Gasteiger partial charge in [-0.1, -0.05) is 39.3 Å². The summed E-state index contributed by atoms with van der Waals surface area (Å²) < 4.78 is 11.0. The summed E-state index contributed by atoms with van der Waals surface area (Å²) in [5.41, 5.74) is 1.20. The van der Waals surface area contributed by atoms with Crippen LogP contribution < -0.4 is 14.8 Å². The van der Waals surface area contributed by atoms with Crippen LogP contribution in [-0.2, 0) is 0 Å². The summed E-state index contributed by atoms with van der Waals surface area (Å²) in [5.74, 6) is 2.22. The molecule has 1 aromatic carbocycles. The molecule has 114 valence electrons. The van der Waals surface area contributed by atoms with Crippen LogP contribution in [0.1, 0.15) is 51.6 Å². The second-order valence-electron chi connectivity index (χ2n) is 5.28. The summed E-state index contributed by atoms with van der Waals surface area (Å²) in [6, 6.07) is 6.43. The summed E-state index contributed by atoms with van der Waals surface area (Å²) in [6.45, 7) is 7.74. The van der Waals surface area contributed by atoms with Crippen LogP contribution in [0.4, 0.5) is 0 Å². The Morgan fingerprint density at radius 2 is 1.85 bits per heavy atom. The molecule has 0 aromatic heterocycles. The Balaban J connectivity index is 3.11. The Kier molecular flexibility index (Phi) is 7.45. The minimum Gasteiger partial charge on any atom is -0.493 e. The maximum absolute atomic E-state index is 5.59. The molecule has 0 spiro atoms. The molecule has 0 amide bonds. The molecular weight excluding hydrogens is 250 g/mol. The van der Waals surface area contributed by atoms with Gasteiger partial charge < -0.3 is 14.8 Å². The molecular formula is C17H29NO2. The molecule has 3 heteroatoms. The first kappa shape index (κ1) is 16.8. The molecule has 0 aliphatic heterocycles. The molecule has 3 nitrogen and oxygen atoms in total. The Labute approximate surface area is 123 Å². The second-order valence-corrected chi connectivity index (χ2v) is 5.28. The third kappa shape index (κ3) is 4.14. The smallest absolute Gasteiger partial charge is 0.165 e. The van der Waals surface area contributed by atoms with E-state index in [2.05, 4.69) is 32.2 Å². The third-order valence-electron chi connectivity index (χ3n) is 3.70. The summed E-state index contributed by atoms with van der Waals surface area (Å²) in [7, 11) is 3.40. The average Bonchev–Trinajstić information content (AvgIpc) is 2.47. The van der Waals surface area contributed by atoms with E-state index in [1.807, 2.05) is 12.1 Å². The van der Waals surface area contributed by atoms with Gasteiger partial charge in [-0.25, -0.2) is 0 Å².